The maximum absolute atomic E-state index is 12.3. The van der Waals surface area contributed by atoms with Crippen LogP contribution in [0, 0.1) is 0 Å². The molecule has 0 aromatic heterocycles. The summed E-state index contributed by atoms with van der Waals surface area (Å²) < 4.78 is 0. The molecule has 2 saturated heterocycles. The number of carbonyl (C=O) groups excluding carboxylic acids is 1. The number of piperidine rings is 2. The lowest BCUT2D eigenvalue weighted by Gasteiger charge is -2.40. The highest BCUT2D eigenvalue weighted by Crippen LogP contribution is 2.21. The quantitative estimate of drug-likeness (QED) is 0.837. The third-order valence-corrected chi connectivity index (χ3v) is 5.28. The molecule has 0 aliphatic carbocycles. The van der Waals surface area contributed by atoms with Crippen molar-refractivity contribution in [2.24, 2.45) is 5.73 Å². The van der Waals surface area contributed by atoms with Crippen molar-refractivity contribution in [1.82, 2.24) is 9.80 Å². The largest absolute Gasteiger partial charge is 0.341 e. The van der Waals surface area contributed by atoms with E-state index in [-0.39, 0.29) is 11.9 Å². The molecule has 5 heteroatoms. The molecule has 1 amide bonds. The highest BCUT2D eigenvalue weighted by atomic mass is 32.2. The van der Waals surface area contributed by atoms with Gasteiger partial charge in [-0.2, -0.15) is 11.8 Å². The fourth-order valence-corrected chi connectivity index (χ4v) is 3.83. The summed E-state index contributed by atoms with van der Waals surface area (Å²) in [6.07, 6.45) is 9.19. The fraction of sp³-hybridized carbons (Fsp3) is 0.933. The van der Waals surface area contributed by atoms with Crippen LogP contribution in [-0.2, 0) is 4.79 Å². The first kappa shape index (κ1) is 16.1. The van der Waals surface area contributed by atoms with Crippen molar-refractivity contribution < 1.29 is 4.79 Å². The standard InChI is InChI=1S/C15H29N3OS/c1-20-12-7-14(16)15(19)18-10-5-13(6-11-18)17-8-3-2-4-9-17/h13-14H,2-12,16H2,1H3/t14-/m1/s1. The smallest absolute Gasteiger partial charge is 0.239 e. The number of hydrogen-bond acceptors (Lipinski definition) is 4. The molecule has 116 valence electrons. The lowest BCUT2D eigenvalue weighted by Crippen LogP contribution is -2.51. The predicted molar refractivity (Wildman–Crippen MR) is 86.0 cm³/mol. The maximum atomic E-state index is 12.3. The number of nitrogens with two attached hydrogens (primary N) is 1. The van der Waals surface area contributed by atoms with E-state index in [9.17, 15) is 4.79 Å². The Balaban J connectivity index is 1.74. The number of likely N-dealkylation sites (tertiary alicyclic amines) is 2. The third-order valence-electron chi connectivity index (χ3n) is 4.63. The van der Waals surface area contributed by atoms with Gasteiger partial charge in [0.1, 0.15) is 0 Å². The van der Waals surface area contributed by atoms with Gasteiger partial charge in [0, 0.05) is 19.1 Å². The summed E-state index contributed by atoms with van der Waals surface area (Å²) in [5.74, 6) is 1.13. The van der Waals surface area contributed by atoms with Crippen LogP contribution >= 0.6 is 11.8 Å². The van der Waals surface area contributed by atoms with Gasteiger partial charge in [0.2, 0.25) is 5.91 Å². The Morgan fingerprint density at radius 1 is 1.20 bits per heavy atom. The summed E-state index contributed by atoms with van der Waals surface area (Å²) in [6.45, 7) is 4.30. The van der Waals surface area contributed by atoms with Crippen LogP contribution in [-0.4, -0.2) is 66.0 Å². The van der Waals surface area contributed by atoms with Crippen molar-refractivity contribution in [1.29, 1.82) is 0 Å². The molecule has 0 saturated carbocycles. The molecule has 4 nitrogen and oxygen atoms in total. The van der Waals surface area contributed by atoms with Crippen LogP contribution in [0.3, 0.4) is 0 Å². The number of nitrogens with zero attached hydrogens (tertiary/aromatic N) is 2. The average molecular weight is 299 g/mol. The van der Waals surface area contributed by atoms with Gasteiger partial charge in [-0.05, 0) is 57.2 Å². The Hall–Kier alpha value is -0.260. The summed E-state index contributed by atoms with van der Waals surface area (Å²) in [5, 5.41) is 0. The molecule has 2 N–H and O–H groups in total. The minimum Gasteiger partial charge on any atom is -0.341 e. The molecule has 2 rings (SSSR count). The number of hydrogen-bond donors (Lipinski definition) is 1. The molecular formula is C15H29N3OS. The molecule has 2 aliphatic rings. The molecule has 2 aliphatic heterocycles. The molecule has 0 aromatic carbocycles. The Labute approximate surface area is 127 Å². The Kier molecular flexibility index (Phi) is 6.65. The Bertz CT molecular complexity index is 299. The first-order valence-corrected chi connectivity index (χ1v) is 9.39. The predicted octanol–water partition coefficient (Wildman–Crippen LogP) is 1.54. The van der Waals surface area contributed by atoms with E-state index in [1.807, 2.05) is 4.90 Å². The van der Waals surface area contributed by atoms with Gasteiger partial charge in [0.05, 0.1) is 6.04 Å². The highest BCUT2D eigenvalue weighted by molar-refractivity contribution is 7.98. The minimum atomic E-state index is -0.297. The lowest BCUT2D eigenvalue weighted by molar-refractivity contribution is -0.134. The molecule has 2 fully saturated rings. The molecule has 0 bridgehead atoms. The first-order valence-electron chi connectivity index (χ1n) is 7.99. The number of thioether (sulfide) groups is 1. The monoisotopic (exact) mass is 299 g/mol. The molecule has 1 atom stereocenters. The number of amides is 1. The second kappa shape index (κ2) is 8.25. The van der Waals surface area contributed by atoms with Gasteiger partial charge in [-0.25, -0.2) is 0 Å². The minimum absolute atomic E-state index is 0.163. The van der Waals surface area contributed by atoms with E-state index < -0.39 is 0 Å². The zero-order chi connectivity index (χ0) is 14.4. The van der Waals surface area contributed by atoms with Crippen LogP contribution in [0.15, 0.2) is 0 Å². The molecule has 0 spiro atoms. The van der Waals surface area contributed by atoms with Crippen molar-refractivity contribution in [3.05, 3.63) is 0 Å². The number of rotatable bonds is 5. The van der Waals surface area contributed by atoms with Gasteiger partial charge in [-0.15, -0.1) is 0 Å². The average Bonchev–Trinajstić information content (AvgIpc) is 2.53. The molecule has 0 aromatic rings. The van der Waals surface area contributed by atoms with E-state index in [4.69, 9.17) is 5.73 Å². The van der Waals surface area contributed by atoms with Crippen LogP contribution in [0.1, 0.15) is 38.5 Å². The second-order valence-corrected chi connectivity index (χ2v) is 7.03. The van der Waals surface area contributed by atoms with Gasteiger partial charge < -0.3 is 15.5 Å². The van der Waals surface area contributed by atoms with Gasteiger partial charge in [-0.1, -0.05) is 6.42 Å². The van der Waals surface area contributed by atoms with Crippen molar-refractivity contribution in [2.45, 2.75) is 50.6 Å². The molecule has 2 heterocycles. The van der Waals surface area contributed by atoms with Crippen molar-refractivity contribution in [2.75, 3.05) is 38.2 Å². The molecule has 20 heavy (non-hydrogen) atoms. The van der Waals surface area contributed by atoms with Crippen molar-refractivity contribution >= 4 is 17.7 Å². The first-order chi connectivity index (χ1) is 9.72. The SMILES string of the molecule is CSCC[C@@H](N)C(=O)N1CCC(N2CCCCC2)CC1. The Morgan fingerprint density at radius 2 is 1.85 bits per heavy atom. The fourth-order valence-electron chi connectivity index (χ4n) is 3.34. The van der Waals surface area contributed by atoms with Crippen LogP contribution in [0.25, 0.3) is 0 Å². The maximum Gasteiger partial charge on any atom is 0.239 e. The summed E-state index contributed by atoms with van der Waals surface area (Å²) >= 11 is 1.76. The van der Waals surface area contributed by atoms with E-state index >= 15 is 0 Å². The van der Waals surface area contributed by atoms with E-state index in [2.05, 4.69) is 11.2 Å². The van der Waals surface area contributed by atoms with E-state index in [0.29, 0.717) is 6.04 Å². The van der Waals surface area contributed by atoms with Gasteiger partial charge >= 0.3 is 0 Å². The Morgan fingerprint density at radius 3 is 2.45 bits per heavy atom. The van der Waals surface area contributed by atoms with Crippen LogP contribution < -0.4 is 5.73 Å². The lowest BCUT2D eigenvalue weighted by atomic mass is 9.99. The molecule has 0 unspecified atom stereocenters. The van der Waals surface area contributed by atoms with E-state index in [1.54, 1.807) is 11.8 Å². The second-order valence-electron chi connectivity index (χ2n) is 6.04. The van der Waals surface area contributed by atoms with E-state index in [1.165, 1.54) is 32.4 Å². The summed E-state index contributed by atoms with van der Waals surface area (Å²) in [4.78, 5) is 16.9. The zero-order valence-corrected chi connectivity index (χ0v) is 13.5. The van der Waals surface area contributed by atoms with E-state index in [0.717, 1.165) is 38.1 Å². The molecule has 0 radical (unpaired) electrons. The topological polar surface area (TPSA) is 49.6 Å². The highest BCUT2D eigenvalue weighted by Gasteiger charge is 2.29. The summed E-state index contributed by atoms with van der Waals surface area (Å²) in [7, 11) is 0. The molecular weight excluding hydrogens is 270 g/mol. The van der Waals surface area contributed by atoms with Gasteiger partial charge in [0.25, 0.3) is 0 Å². The van der Waals surface area contributed by atoms with Crippen molar-refractivity contribution in [3.63, 3.8) is 0 Å². The van der Waals surface area contributed by atoms with Crippen LogP contribution in [0.4, 0.5) is 0 Å². The van der Waals surface area contributed by atoms with Crippen molar-refractivity contribution in [3.8, 4) is 0 Å². The zero-order valence-electron chi connectivity index (χ0n) is 12.7. The van der Waals surface area contributed by atoms with Gasteiger partial charge in [-0.3, -0.25) is 4.79 Å². The van der Waals surface area contributed by atoms with Gasteiger partial charge in [0.15, 0.2) is 0 Å². The summed E-state index contributed by atoms with van der Waals surface area (Å²) in [5.41, 5.74) is 6.00. The number of carbonyl (C=O) groups is 1. The normalized spacial score (nSPS) is 23.8. The van der Waals surface area contributed by atoms with Crippen LogP contribution in [0.2, 0.25) is 0 Å². The third kappa shape index (κ3) is 4.37. The summed E-state index contributed by atoms with van der Waals surface area (Å²) in [6, 6.07) is 0.399. The van der Waals surface area contributed by atoms with Crippen LogP contribution in [0.5, 0.6) is 0 Å².